The highest BCUT2D eigenvalue weighted by atomic mass is 16.5. The third kappa shape index (κ3) is 4.17. The largest absolute Gasteiger partial charge is 0.494 e. The highest BCUT2D eigenvalue weighted by molar-refractivity contribution is 5.43. The highest BCUT2D eigenvalue weighted by Gasteiger charge is 2.10. The first-order chi connectivity index (χ1) is 12.6. The van der Waals surface area contributed by atoms with Crippen molar-refractivity contribution in [3.63, 3.8) is 0 Å². The van der Waals surface area contributed by atoms with Crippen molar-refractivity contribution in [1.29, 1.82) is 0 Å². The Kier molecular flexibility index (Phi) is 5.79. The summed E-state index contributed by atoms with van der Waals surface area (Å²) in [5.74, 6) is 0.915. The number of nitrogens with one attached hydrogen (secondary N) is 1. The summed E-state index contributed by atoms with van der Waals surface area (Å²) in [6, 6.07) is 19.3. The van der Waals surface area contributed by atoms with Crippen molar-refractivity contribution in [3.8, 4) is 11.4 Å². The van der Waals surface area contributed by atoms with E-state index in [2.05, 4.69) is 73.1 Å². The van der Waals surface area contributed by atoms with Gasteiger partial charge < -0.3 is 14.6 Å². The van der Waals surface area contributed by atoms with Crippen LogP contribution in [0, 0.1) is 20.8 Å². The fourth-order valence-electron chi connectivity index (χ4n) is 3.31. The number of hydrogen-bond donors (Lipinski definition) is 1. The molecule has 136 valence electrons. The molecule has 0 aliphatic rings. The summed E-state index contributed by atoms with van der Waals surface area (Å²) in [5, 5.41) is 3.56. The first-order valence-electron chi connectivity index (χ1n) is 9.26. The Hall–Kier alpha value is -2.52. The fourth-order valence-corrected chi connectivity index (χ4v) is 3.31. The standard InChI is InChI=1S/C23H28N2O/c1-5-26-23-12-10-22(11-13-23)25-18(3)14-21(19(25)4)16-24-15-20-8-6-17(2)7-9-20/h6-14,24H,5,15-16H2,1-4H3. The first kappa shape index (κ1) is 18.3. The average Bonchev–Trinajstić information content (AvgIpc) is 2.92. The van der Waals surface area contributed by atoms with Crippen molar-refractivity contribution in [3.05, 3.63) is 82.7 Å². The lowest BCUT2D eigenvalue weighted by molar-refractivity contribution is 0.340. The number of rotatable bonds is 7. The Morgan fingerprint density at radius 2 is 1.58 bits per heavy atom. The van der Waals surface area contributed by atoms with E-state index in [0.717, 1.165) is 18.8 Å². The van der Waals surface area contributed by atoms with Gasteiger partial charge in [0.15, 0.2) is 0 Å². The second-order valence-electron chi connectivity index (χ2n) is 6.75. The molecule has 0 unspecified atom stereocenters. The van der Waals surface area contributed by atoms with Crippen LogP contribution < -0.4 is 10.1 Å². The van der Waals surface area contributed by atoms with Crippen molar-refractivity contribution in [1.82, 2.24) is 9.88 Å². The van der Waals surface area contributed by atoms with Gasteiger partial charge in [0.05, 0.1) is 6.61 Å². The lowest BCUT2D eigenvalue weighted by Crippen LogP contribution is -2.13. The molecule has 0 spiro atoms. The lowest BCUT2D eigenvalue weighted by atomic mass is 10.1. The maximum atomic E-state index is 5.55. The van der Waals surface area contributed by atoms with E-state index in [0.29, 0.717) is 6.61 Å². The minimum absolute atomic E-state index is 0.692. The summed E-state index contributed by atoms with van der Waals surface area (Å²) < 4.78 is 7.85. The molecular formula is C23H28N2O. The van der Waals surface area contributed by atoms with Crippen LogP contribution >= 0.6 is 0 Å². The summed E-state index contributed by atoms with van der Waals surface area (Å²) in [4.78, 5) is 0. The molecule has 3 aromatic rings. The van der Waals surface area contributed by atoms with Gasteiger partial charge in [0, 0.05) is 30.2 Å². The van der Waals surface area contributed by atoms with Crippen molar-refractivity contribution in [2.75, 3.05) is 6.61 Å². The van der Waals surface area contributed by atoms with Crippen LogP contribution in [0.3, 0.4) is 0 Å². The Morgan fingerprint density at radius 1 is 0.885 bits per heavy atom. The van der Waals surface area contributed by atoms with Crippen LogP contribution in [0.15, 0.2) is 54.6 Å². The van der Waals surface area contributed by atoms with E-state index >= 15 is 0 Å². The van der Waals surface area contributed by atoms with Crippen LogP contribution in [-0.4, -0.2) is 11.2 Å². The summed E-state index contributed by atoms with van der Waals surface area (Å²) in [6.45, 7) is 10.9. The second-order valence-corrected chi connectivity index (χ2v) is 6.75. The molecule has 1 heterocycles. The highest BCUT2D eigenvalue weighted by Crippen LogP contribution is 2.23. The molecule has 0 saturated carbocycles. The summed E-state index contributed by atoms with van der Waals surface area (Å²) in [5.41, 5.74) is 7.65. The lowest BCUT2D eigenvalue weighted by Gasteiger charge is -2.11. The average molecular weight is 348 g/mol. The summed E-state index contributed by atoms with van der Waals surface area (Å²) >= 11 is 0. The predicted octanol–water partition coefficient (Wildman–Crippen LogP) is 5.09. The Balaban J connectivity index is 1.70. The van der Waals surface area contributed by atoms with Crippen molar-refractivity contribution in [2.45, 2.75) is 40.8 Å². The van der Waals surface area contributed by atoms with Crippen LogP contribution in [0.1, 0.15) is 35.0 Å². The van der Waals surface area contributed by atoms with Crippen LogP contribution in [0.25, 0.3) is 5.69 Å². The molecule has 0 bridgehead atoms. The number of ether oxygens (including phenoxy) is 1. The molecule has 0 atom stereocenters. The fraction of sp³-hybridized carbons (Fsp3) is 0.304. The van der Waals surface area contributed by atoms with Gasteiger partial charge in [-0.3, -0.25) is 0 Å². The molecule has 3 nitrogen and oxygen atoms in total. The third-order valence-electron chi connectivity index (χ3n) is 4.71. The summed E-state index contributed by atoms with van der Waals surface area (Å²) in [7, 11) is 0. The topological polar surface area (TPSA) is 26.2 Å². The van der Waals surface area contributed by atoms with E-state index in [4.69, 9.17) is 4.74 Å². The zero-order chi connectivity index (χ0) is 18.5. The molecule has 0 radical (unpaired) electrons. The Labute approximate surface area is 156 Å². The molecular weight excluding hydrogens is 320 g/mol. The van der Waals surface area contributed by atoms with Crippen LogP contribution in [-0.2, 0) is 13.1 Å². The molecule has 0 fully saturated rings. The number of aromatic nitrogens is 1. The van der Waals surface area contributed by atoms with Gasteiger partial charge in [-0.1, -0.05) is 29.8 Å². The van der Waals surface area contributed by atoms with Gasteiger partial charge in [-0.2, -0.15) is 0 Å². The SMILES string of the molecule is CCOc1ccc(-n2c(C)cc(CNCc3ccc(C)cc3)c2C)cc1. The van der Waals surface area contributed by atoms with Gasteiger partial charge in [-0.25, -0.2) is 0 Å². The number of benzene rings is 2. The maximum Gasteiger partial charge on any atom is 0.119 e. The first-order valence-corrected chi connectivity index (χ1v) is 9.26. The zero-order valence-corrected chi connectivity index (χ0v) is 16.2. The van der Waals surface area contributed by atoms with Crippen LogP contribution in [0.2, 0.25) is 0 Å². The smallest absolute Gasteiger partial charge is 0.119 e. The van der Waals surface area contributed by atoms with Gasteiger partial charge >= 0.3 is 0 Å². The third-order valence-corrected chi connectivity index (χ3v) is 4.71. The van der Waals surface area contributed by atoms with Gasteiger partial charge in [0.2, 0.25) is 0 Å². The second kappa shape index (κ2) is 8.24. The predicted molar refractivity (Wildman–Crippen MR) is 108 cm³/mol. The van der Waals surface area contributed by atoms with Crippen molar-refractivity contribution < 1.29 is 4.74 Å². The molecule has 0 aliphatic heterocycles. The van der Waals surface area contributed by atoms with Gasteiger partial charge in [0.1, 0.15) is 5.75 Å². The molecule has 3 rings (SSSR count). The van der Waals surface area contributed by atoms with E-state index in [1.54, 1.807) is 0 Å². The normalized spacial score (nSPS) is 10.9. The van der Waals surface area contributed by atoms with Crippen LogP contribution in [0.5, 0.6) is 5.75 Å². The van der Waals surface area contributed by atoms with Crippen molar-refractivity contribution in [2.24, 2.45) is 0 Å². The quantitative estimate of drug-likeness (QED) is 0.643. The maximum absolute atomic E-state index is 5.55. The minimum atomic E-state index is 0.692. The Morgan fingerprint density at radius 3 is 2.23 bits per heavy atom. The Bertz CT molecular complexity index is 845. The number of hydrogen-bond acceptors (Lipinski definition) is 2. The molecule has 26 heavy (non-hydrogen) atoms. The van der Waals surface area contributed by atoms with Crippen molar-refractivity contribution >= 4 is 0 Å². The zero-order valence-electron chi connectivity index (χ0n) is 16.2. The van der Waals surface area contributed by atoms with E-state index in [9.17, 15) is 0 Å². The molecule has 2 aromatic carbocycles. The van der Waals surface area contributed by atoms with Gasteiger partial charge in [-0.05, 0) is 69.2 Å². The summed E-state index contributed by atoms with van der Waals surface area (Å²) in [6.07, 6.45) is 0. The monoisotopic (exact) mass is 348 g/mol. The minimum Gasteiger partial charge on any atom is -0.494 e. The number of nitrogens with zero attached hydrogens (tertiary/aromatic N) is 1. The van der Waals surface area contributed by atoms with E-state index < -0.39 is 0 Å². The molecule has 0 saturated heterocycles. The van der Waals surface area contributed by atoms with E-state index in [-0.39, 0.29) is 0 Å². The van der Waals surface area contributed by atoms with Gasteiger partial charge in [-0.15, -0.1) is 0 Å². The van der Waals surface area contributed by atoms with Gasteiger partial charge in [0.25, 0.3) is 0 Å². The van der Waals surface area contributed by atoms with E-state index in [1.165, 1.54) is 33.8 Å². The molecule has 3 heteroatoms. The molecule has 0 amide bonds. The molecule has 1 N–H and O–H groups in total. The van der Waals surface area contributed by atoms with E-state index in [1.807, 2.05) is 19.1 Å². The number of aryl methyl sites for hydroxylation is 2. The molecule has 1 aromatic heterocycles. The molecule has 0 aliphatic carbocycles. The van der Waals surface area contributed by atoms with Crippen LogP contribution in [0.4, 0.5) is 0 Å².